The summed E-state index contributed by atoms with van der Waals surface area (Å²) in [7, 11) is 0. The van der Waals surface area contributed by atoms with Crippen LogP contribution >= 0.6 is 11.8 Å². The van der Waals surface area contributed by atoms with Gasteiger partial charge >= 0.3 is 0 Å². The number of hydrogen-bond donors (Lipinski definition) is 0. The zero-order chi connectivity index (χ0) is 11.3. The van der Waals surface area contributed by atoms with Crippen LogP contribution in [0.4, 0.5) is 4.39 Å². The van der Waals surface area contributed by atoms with Gasteiger partial charge in [0.2, 0.25) is 0 Å². The molecule has 1 rings (SSSR count). The molecule has 0 unspecified atom stereocenters. The maximum absolute atomic E-state index is 12.8. The Bertz CT molecular complexity index is 349. The predicted octanol–water partition coefficient (Wildman–Crippen LogP) is 3.46. The van der Waals surface area contributed by atoms with E-state index < -0.39 is 0 Å². The van der Waals surface area contributed by atoms with E-state index in [1.807, 2.05) is 0 Å². The Morgan fingerprint density at radius 2 is 2.20 bits per heavy atom. The minimum absolute atomic E-state index is 0.0888. The van der Waals surface area contributed by atoms with Crippen molar-refractivity contribution in [2.75, 3.05) is 11.5 Å². The van der Waals surface area contributed by atoms with Crippen molar-refractivity contribution in [2.45, 2.75) is 20.3 Å². The van der Waals surface area contributed by atoms with Crippen molar-refractivity contribution in [1.82, 2.24) is 0 Å². The number of ketones is 1. The quantitative estimate of drug-likeness (QED) is 0.565. The first-order chi connectivity index (χ1) is 7.15. The number of Topliss-reactive ketones (excluding diaryl/α,β-unsaturated/α-hetero) is 1. The molecule has 0 aliphatic carbocycles. The van der Waals surface area contributed by atoms with Gasteiger partial charge in [-0.05, 0) is 42.9 Å². The molecule has 0 spiro atoms. The molecule has 82 valence electrons. The molecule has 0 heterocycles. The van der Waals surface area contributed by atoms with Gasteiger partial charge in [-0.3, -0.25) is 4.79 Å². The lowest BCUT2D eigenvalue weighted by Gasteiger charge is -2.04. The van der Waals surface area contributed by atoms with E-state index in [4.69, 9.17) is 0 Å². The highest BCUT2D eigenvalue weighted by atomic mass is 32.2. The smallest absolute Gasteiger partial charge is 0.172 e. The van der Waals surface area contributed by atoms with Crippen LogP contribution < -0.4 is 0 Å². The lowest BCUT2D eigenvalue weighted by Crippen LogP contribution is -2.05. The van der Waals surface area contributed by atoms with Crippen LogP contribution in [0.5, 0.6) is 0 Å². The van der Waals surface area contributed by atoms with Gasteiger partial charge in [-0.2, -0.15) is 11.8 Å². The van der Waals surface area contributed by atoms with Crippen LogP contribution in [-0.4, -0.2) is 17.3 Å². The number of carbonyl (C=O) groups excluding carboxylic acids is 1. The fourth-order valence-corrected chi connectivity index (χ4v) is 2.10. The van der Waals surface area contributed by atoms with Crippen LogP contribution in [0.1, 0.15) is 29.3 Å². The second-order valence-corrected chi connectivity index (χ2v) is 4.54. The van der Waals surface area contributed by atoms with Crippen molar-refractivity contribution in [3.8, 4) is 0 Å². The van der Waals surface area contributed by atoms with E-state index in [0.29, 0.717) is 11.3 Å². The van der Waals surface area contributed by atoms with Gasteiger partial charge in [0.15, 0.2) is 5.78 Å². The van der Waals surface area contributed by atoms with Crippen molar-refractivity contribution in [2.24, 2.45) is 0 Å². The third-order valence-electron chi connectivity index (χ3n) is 2.07. The maximum atomic E-state index is 12.8. The zero-order valence-corrected chi connectivity index (χ0v) is 9.86. The number of benzene rings is 1. The van der Waals surface area contributed by atoms with E-state index in [-0.39, 0.29) is 11.6 Å². The highest BCUT2D eigenvalue weighted by molar-refractivity contribution is 7.99. The van der Waals surface area contributed by atoms with Crippen molar-refractivity contribution < 1.29 is 9.18 Å². The standard InChI is InChI=1S/C12H15FOS/c1-3-6-15-8-12(14)11-5-4-10(13)7-9(11)2/h4-5,7H,3,6,8H2,1-2H3. The number of hydrogen-bond acceptors (Lipinski definition) is 2. The SMILES string of the molecule is CCCSCC(=O)c1ccc(F)cc1C. The minimum atomic E-state index is -0.287. The zero-order valence-electron chi connectivity index (χ0n) is 9.05. The fourth-order valence-electron chi connectivity index (χ4n) is 1.33. The normalized spacial score (nSPS) is 10.3. The molecule has 0 saturated heterocycles. The molecule has 1 aromatic rings. The van der Waals surface area contributed by atoms with Gasteiger partial charge < -0.3 is 0 Å². The fraction of sp³-hybridized carbons (Fsp3) is 0.417. The van der Waals surface area contributed by atoms with Gasteiger partial charge in [-0.15, -0.1) is 0 Å². The van der Waals surface area contributed by atoms with Crippen LogP contribution in [0.3, 0.4) is 0 Å². The monoisotopic (exact) mass is 226 g/mol. The molecular formula is C12H15FOS. The van der Waals surface area contributed by atoms with Gasteiger partial charge in [-0.25, -0.2) is 4.39 Å². The Balaban J connectivity index is 2.65. The van der Waals surface area contributed by atoms with Crippen LogP contribution in [0.2, 0.25) is 0 Å². The minimum Gasteiger partial charge on any atom is -0.293 e. The van der Waals surface area contributed by atoms with Crippen molar-refractivity contribution in [3.05, 3.63) is 35.1 Å². The van der Waals surface area contributed by atoms with Crippen LogP contribution in [0, 0.1) is 12.7 Å². The number of halogens is 1. The Morgan fingerprint density at radius 1 is 1.47 bits per heavy atom. The molecule has 0 atom stereocenters. The summed E-state index contributed by atoms with van der Waals surface area (Å²) in [5.74, 6) is 1.28. The first-order valence-electron chi connectivity index (χ1n) is 5.02. The largest absolute Gasteiger partial charge is 0.293 e. The molecule has 0 fully saturated rings. The molecule has 0 radical (unpaired) electrons. The predicted molar refractivity (Wildman–Crippen MR) is 63.1 cm³/mol. The van der Waals surface area contributed by atoms with Crippen molar-refractivity contribution >= 4 is 17.5 Å². The van der Waals surface area contributed by atoms with E-state index in [2.05, 4.69) is 6.92 Å². The first kappa shape index (κ1) is 12.2. The summed E-state index contributed by atoms with van der Waals surface area (Å²) in [4.78, 5) is 11.7. The Hall–Kier alpha value is -0.830. The molecule has 0 bridgehead atoms. The van der Waals surface area contributed by atoms with Gasteiger partial charge in [0.1, 0.15) is 5.82 Å². The molecule has 0 aliphatic heterocycles. The molecule has 0 aromatic heterocycles. The van der Waals surface area contributed by atoms with Crippen molar-refractivity contribution in [1.29, 1.82) is 0 Å². The highest BCUT2D eigenvalue weighted by Crippen LogP contribution is 2.13. The van der Waals surface area contributed by atoms with Crippen LogP contribution in [0.15, 0.2) is 18.2 Å². The average molecular weight is 226 g/mol. The average Bonchev–Trinajstić information content (AvgIpc) is 2.17. The topological polar surface area (TPSA) is 17.1 Å². The molecular weight excluding hydrogens is 211 g/mol. The van der Waals surface area contributed by atoms with E-state index in [1.165, 1.54) is 12.1 Å². The number of aryl methyl sites for hydroxylation is 1. The molecule has 0 N–H and O–H groups in total. The summed E-state index contributed by atoms with van der Waals surface area (Å²) in [5, 5.41) is 0. The number of rotatable bonds is 5. The molecule has 0 aliphatic rings. The molecule has 1 aromatic carbocycles. The summed E-state index contributed by atoms with van der Waals surface area (Å²) in [6, 6.07) is 4.31. The number of thioether (sulfide) groups is 1. The van der Waals surface area contributed by atoms with Gasteiger partial charge in [0.25, 0.3) is 0 Å². The first-order valence-corrected chi connectivity index (χ1v) is 6.17. The summed E-state index contributed by atoms with van der Waals surface area (Å²) in [5.41, 5.74) is 1.36. The molecule has 1 nitrogen and oxygen atoms in total. The van der Waals surface area contributed by atoms with Crippen molar-refractivity contribution in [3.63, 3.8) is 0 Å². The maximum Gasteiger partial charge on any atom is 0.172 e. The number of carbonyl (C=O) groups is 1. The molecule has 15 heavy (non-hydrogen) atoms. The van der Waals surface area contributed by atoms with Crippen LogP contribution in [0.25, 0.3) is 0 Å². The van der Waals surface area contributed by atoms with E-state index >= 15 is 0 Å². The summed E-state index contributed by atoms with van der Waals surface area (Å²) in [6.07, 6.45) is 1.07. The Morgan fingerprint density at radius 3 is 2.80 bits per heavy atom. The van der Waals surface area contributed by atoms with Gasteiger partial charge in [-0.1, -0.05) is 6.92 Å². The molecule has 0 amide bonds. The Kier molecular flexibility index (Phi) is 4.82. The van der Waals surface area contributed by atoms with Gasteiger partial charge in [0, 0.05) is 5.56 Å². The highest BCUT2D eigenvalue weighted by Gasteiger charge is 2.09. The lowest BCUT2D eigenvalue weighted by atomic mass is 10.1. The van der Waals surface area contributed by atoms with Gasteiger partial charge in [0.05, 0.1) is 5.75 Å². The molecule has 0 saturated carbocycles. The lowest BCUT2D eigenvalue weighted by molar-refractivity contribution is 0.102. The summed E-state index contributed by atoms with van der Waals surface area (Å²) < 4.78 is 12.8. The second kappa shape index (κ2) is 5.91. The second-order valence-electron chi connectivity index (χ2n) is 3.44. The summed E-state index contributed by atoms with van der Waals surface area (Å²) >= 11 is 1.63. The van der Waals surface area contributed by atoms with E-state index in [0.717, 1.165) is 17.7 Å². The summed E-state index contributed by atoms with van der Waals surface area (Å²) in [6.45, 7) is 3.85. The van der Waals surface area contributed by atoms with E-state index in [9.17, 15) is 9.18 Å². The third-order valence-corrected chi connectivity index (χ3v) is 3.23. The Labute approximate surface area is 94.1 Å². The molecule has 3 heteroatoms. The van der Waals surface area contributed by atoms with E-state index in [1.54, 1.807) is 24.8 Å². The third kappa shape index (κ3) is 3.67. The van der Waals surface area contributed by atoms with Crippen LogP contribution in [-0.2, 0) is 0 Å².